The molecular weight excluding hydrogens is 650 g/mol. The fourth-order valence-electron chi connectivity index (χ4n) is 3.14. The van der Waals surface area contributed by atoms with E-state index < -0.39 is 15.7 Å². The molecule has 0 aliphatic carbocycles. The van der Waals surface area contributed by atoms with Crippen molar-refractivity contribution in [2.75, 3.05) is 11.5 Å². The normalized spacial score (nSPS) is 9.02. The van der Waals surface area contributed by atoms with Crippen LogP contribution in [0.4, 0.5) is 27.4 Å². The molecule has 0 fully saturated rings. The molecule has 15 nitrogen and oxygen atoms in total. The number of carbonyl (C=O) groups is 1. The van der Waals surface area contributed by atoms with Crippen LogP contribution in [-0.4, -0.2) is 26.3 Å². The van der Waals surface area contributed by atoms with Gasteiger partial charge in [-0.15, -0.1) is 0 Å². The van der Waals surface area contributed by atoms with Crippen LogP contribution in [0.2, 0.25) is 0 Å². The number of aromatic amines is 1. The van der Waals surface area contributed by atoms with Crippen LogP contribution in [0.5, 0.6) is 11.5 Å². The summed E-state index contributed by atoms with van der Waals surface area (Å²) in [5.74, 6) is 1.46. The van der Waals surface area contributed by atoms with Gasteiger partial charge in [-0.05, 0) is 51.5 Å². The van der Waals surface area contributed by atoms with Gasteiger partial charge in [0.15, 0.2) is 5.43 Å². The Morgan fingerprint density at radius 1 is 0.889 bits per heavy atom. The second kappa shape index (κ2) is 22.8. The maximum atomic E-state index is 12.8. The van der Waals surface area contributed by atoms with Gasteiger partial charge in [0.25, 0.3) is 17.8 Å². The molecule has 0 saturated carbocycles. The molecule has 5 N–H and O–H groups in total. The molecule has 0 aliphatic rings. The third-order valence-corrected chi connectivity index (χ3v) is 5.61. The molecule has 18 heteroatoms. The van der Waals surface area contributed by atoms with Crippen molar-refractivity contribution in [3.8, 4) is 11.5 Å². The molecule has 2 heterocycles. The van der Waals surface area contributed by atoms with Gasteiger partial charge in [-0.2, -0.15) is 0 Å². The van der Waals surface area contributed by atoms with Crippen molar-refractivity contribution < 1.29 is 138 Å². The fourth-order valence-corrected chi connectivity index (χ4v) is 3.14. The van der Waals surface area contributed by atoms with Crippen molar-refractivity contribution in [3.05, 3.63) is 119 Å². The zero-order valence-corrected chi connectivity index (χ0v) is 31.6. The molecule has 230 valence electrons. The van der Waals surface area contributed by atoms with Gasteiger partial charge in [0.2, 0.25) is 0 Å². The van der Waals surface area contributed by atoms with Gasteiger partial charge >= 0.3 is 103 Å². The summed E-state index contributed by atoms with van der Waals surface area (Å²) in [7, 11) is 0. The van der Waals surface area contributed by atoms with E-state index in [4.69, 9.17) is 26.3 Å². The van der Waals surface area contributed by atoms with Crippen LogP contribution in [-0.2, 0) is 9.68 Å². The standard InChI is InChI=1S/C13H13N3O3.C8H8FNO2.C5H6N2O.CH2O3.2K.H/c1-8-9(2)12(4-3-11(8)16(17)18)19-10-5-6-15-13(14)7-10;1-5-6(2)8(10(11)12)4-3-7(5)9;6-5-3-4(8)1-2-7-5;2-1-4-3;;;/h3-7H,1-2H3,(H2,14,15);3-4H,1-2H3;1-3H,(H3,6,7,8);1,3H;;;/q;;;;2*+1;-1/p-1. The number of nitrogens with zero attached hydrogens (tertiary/aromatic N) is 3. The Kier molecular flexibility index (Phi) is 22.6. The summed E-state index contributed by atoms with van der Waals surface area (Å²) in [4.78, 5) is 48.4. The second-order valence-electron chi connectivity index (χ2n) is 8.35. The number of nitrogens with two attached hydrogens (primary N) is 2. The maximum Gasteiger partial charge on any atom is 1.00 e. The summed E-state index contributed by atoms with van der Waals surface area (Å²) in [6, 6.07) is 11.3. The Labute approximate surface area is 343 Å². The van der Waals surface area contributed by atoms with E-state index in [9.17, 15) is 29.4 Å². The molecule has 0 radical (unpaired) electrons. The molecule has 0 aliphatic heterocycles. The molecule has 0 unspecified atom stereocenters. The summed E-state index contributed by atoms with van der Waals surface area (Å²) >= 11 is 0. The Morgan fingerprint density at radius 3 is 1.87 bits per heavy atom. The molecule has 4 aromatic rings. The molecule has 0 spiro atoms. The first kappa shape index (κ1) is 44.5. The number of pyridine rings is 2. The van der Waals surface area contributed by atoms with E-state index in [1.165, 1.54) is 50.5 Å². The quantitative estimate of drug-likeness (QED) is 0.0672. The molecule has 0 bridgehead atoms. The Morgan fingerprint density at radius 2 is 1.42 bits per heavy atom. The third kappa shape index (κ3) is 15.5. The second-order valence-corrected chi connectivity index (χ2v) is 8.35. The smallest absolute Gasteiger partial charge is 1.00 e. The van der Waals surface area contributed by atoms with Gasteiger partial charge < -0.3 is 32.8 Å². The molecule has 0 amide bonds. The number of benzene rings is 2. The number of hydrogen-bond acceptors (Lipinski definition) is 12. The first-order valence-corrected chi connectivity index (χ1v) is 11.9. The molecular formula is C27H29FK2N6O9. The Hall–Kier alpha value is -2.63. The number of aromatic nitrogens is 2. The average molecular weight is 679 g/mol. The van der Waals surface area contributed by atoms with Gasteiger partial charge in [-0.25, -0.2) is 9.37 Å². The summed E-state index contributed by atoms with van der Waals surface area (Å²) < 4.78 is 18.5. The Bertz CT molecular complexity index is 1650. The molecule has 2 aromatic heterocycles. The predicted molar refractivity (Wildman–Crippen MR) is 154 cm³/mol. The van der Waals surface area contributed by atoms with Crippen LogP contribution in [0.3, 0.4) is 0 Å². The number of H-pyrrole nitrogens is 1. The van der Waals surface area contributed by atoms with Crippen molar-refractivity contribution in [2.45, 2.75) is 27.7 Å². The number of ether oxygens (including phenoxy) is 1. The van der Waals surface area contributed by atoms with Crippen LogP contribution in [0.25, 0.3) is 0 Å². The van der Waals surface area contributed by atoms with E-state index in [0.29, 0.717) is 39.8 Å². The number of nitro benzene ring substituents is 2. The number of rotatable bonds is 5. The zero-order valence-electron chi connectivity index (χ0n) is 26.4. The number of hydrogen-bond donors (Lipinski definition) is 3. The SMILES string of the molecule is Cc1c(F)ccc([N+](=O)[O-])c1C.Cc1c(Oc2ccnc(N)c2)ccc([N+](=O)[O-])c1C.Nc1cc(=O)cc[nH]1.O=CO[O-].[H-].[K+].[K+]. The number of nitrogen functional groups attached to an aromatic ring is 2. The topological polar surface area (TPSA) is 243 Å². The zero-order chi connectivity index (χ0) is 32.7. The summed E-state index contributed by atoms with van der Waals surface area (Å²) in [5.41, 5.74) is 12.8. The largest absolute Gasteiger partial charge is 1.00 e. The summed E-state index contributed by atoms with van der Waals surface area (Å²) in [6.45, 7) is 6.36. The number of halogens is 1. The van der Waals surface area contributed by atoms with Crippen LogP contribution in [0, 0.1) is 53.7 Å². The van der Waals surface area contributed by atoms with E-state index in [1.54, 1.807) is 32.0 Å². The summed E-state index contributed by atoms with van der Waals surface area (Å²) in [5, 5.41) is 29.6. The van der Waals surface area contributed by atoms with Gasteiger partial charge in [-0.3, -0.25) is 29.8 Å². The maximum absolute atomic E-state index is 12.8. The van der Waals surface area contributed by atoms with E-state index in [2.05, 4.69) is 14.9 Å². The van der Waals surface area contributed by atoms with E-state index >= 15 is 0 Å². The minimum atomic E-state index is -0.512. The number of anilines is 2. The first-order valence-electron chi connectivity index (χ1n) is 11.9. The molecule has 2 aromatic carbocycles. The van der Waals surface area contributed by atoms with Crippen molar-refractivity contribution in [1.29, 1.82) is 0 Å². The van der Waals surface area contributed by atoms with Gasteiger partial charge in [0.05, 0.1) is 9.85 Å². The van der Waals surface area contributed by atoms with E-state index in [0.717, 1.165) is 11.6 Å². The number of nitro groups is 2. The number of carbonyl (C=O) groups excluding carboxylic acids is 1. The predicted octanol–water partition coefficient (Wildman–Crippen LogP) is -2.16. The van der Waals surface area contributed by atoms with Crippen molar-refractivity contribution in [1.82, 2.24) is 9.97 Å². The minimum Gasteiger partial charge on any atom is -1.00 e. The van der Waals surface area contributed by atoms with Gasteiger partial charge in [0.1, 0.15) is 29.0 Å². The summed E-state index contributed by atoms with van der Waals surface area (Å²) in [6.07, 6.45) is 3.05. The number of nitrogens with one attached hydrogen (secondary N) is 1. The van der Waals surface area contributed by atoms with Crippen LogP contribution in [0.15, 0.2) is 65.7 Å². The minimum absolute atomic E-state index is 0. The van der Waals surface area contributed by atoms with Crippen LogP contribution < -0.4 is 130 Å². The van der Waals surface area contributed by atoms with Crippen molar-refractivity contribution >= 4 is 29.5 Å². The van der Waals surface area contributed by atoms with E-state index in [1.807, 2.05) is 0 Å². The van der Waals surface area contributed by atoms with Crippen molar-refractivity contribution in [3.63, 3.8) is 0 Å². The first-order chi connectivity index (χ1) is 20.2. The van der Waals surface area contributed by atoms with Crippen LogP contribution >= 0.6 is 0 Å². The third-order valence-electron chi connectivity index (χ3n) is 5.61. The molecule has 4 rings (SSSR count). The van der Waals surface area contributed by atoms with Crippen LogP contribution in [0.1, 0.15) is 23.7 Å². The molecule has 0 atom stereocenters. The Balaban J connectivity index is -0.000000592. The van der Waals surface area contributed by atoms with Gasteiger partial charge in [0, 0.05) is 59.4 Å². The average Bonchev–Trinajstić information content (AvgIpc) is 2.95. The van der Waals surface area contributed by atoms with E-state index in [-0.39, 0.29) is 127 Å². The monoisotopic (exact) mass is 678 g/mol. The van der Waals surface area contributed by atoms with Gasteiger partial charge in [-0.1, -0.05) is 0 Å². The molecule has 0 saturated heterocycles. The fraction of sp³-hybridized carbons (Fsp3) is 0.148. The van der Waals surface area contributed by atoms with Crippen molar-refractivity contribution in [2.24, 2.45) is 0 Å². The molecule has 45 heavy (non-hydrogen) atoms.